The number of thiophene rings is 1. The van der Waals surface area contributed by atoms with Crippen LogP contribution in [0.2, 0.25) is 4.34 Å². The molecule has 126 valence electrons. The van der Waals surface area contributed by atoms with Gasteiger partial charge in [-0.3, -0.25) is 4.98 Å². The standard InChI is InChI=1S/C18H13ClFN3S2/c19-15-9-8-14(25-15)17-16(12-6-3-4-10-21-12)22-18(24)23(17)13-7-2-1-5-11(13)20/h1-10,16-17H,(H,22,24)/t16-,17+/m1/s1. The SMILES string of the molecule is Fc1ccccc1N1C(=S)N[C@H](c2ccccn2)[C@@H]1c1ccc(Cl)s1. The van der Waals surface area contributed by atoms with Gasteiger partial charge in [0, 0.05) is 11.1 Å². The predicted octanol–water partition coefficient (Wildman–Crippen LogP) is 5.11. The Hall–Kier alpha value is -2.02. The first-order chi connectivity index (χ1) is 12.1. The minimum Gasteiger partial charge on any atom is -0.351 e. The van der Waals surface area contributed by atoms with Crippen molar-refractivity contribution in [3.63, 3.8) is 0 Å². The molecule has 0 spiro atoms. The Labute approximate surface area is 159 Å². The summed E-state index contributed by atoms with van der Waals surface area (Å²) in [5, 5.41) is 3.76. The monoisotopic (exact) mass is 389 g/mol. The van der Waals surface area contributed by atoms with Gasteiger partial charge in [-0.25, -0.2) is 4.39 Å². The molecule has 1 saturated heterocycles. The lowest BCUT2D eigenvalue weighted by atomic mass is 10.0. The van der Waals surface area contributed by atoms with Crippen molar-refractivity contribution in [1.82, 2.24) is 10.3 Å². The molecule has 25 heavy (non-hydrogen) atoms. The topological polar surface area (TPSA) is 28.2 Å². The van der Waals surface area contributed by atoms with Gasteiger partial charge in [0.05, 0.1) is 27.8 Å². The third-order valence-corrected chi connectivity index (χ3v) is 5.71. The van der Waals surface area contributed by atoms with Crippen molar-refractivity contribution in [2.45, 2.75) is 12.1 Å². The molecule has 1 aromatic carbocycles. The highest BCUT2D eigenvalue weighted by atomic mass is 35.5. The lowest BCUT2D eigenvalue weighted by molar-refractivity contribution is 0.565. The number of aromatic nitrogens is 1. The molecule has 3 nitrogen and oxygen atoms in total. The van der Waals surface area contributed by atoms with Crippen molar-refractivity contribution >= 4 is 46.0 Å². The second-order valence-corrected chi connectivity index (χ2v) is 7.72. The van der Waals surface area contributed by atoms with Crippen LogP contribution in [0.1, 0.15) is 22.7 Å². The van der Waals surface area contributed by atoms with Crippen molar-refractivity contribution in [3.8, 4) is 0 Å². The van der Waals surface area contributed by atoms with Crippen molar-refractivity contribution in [3.05, 3.63) is 81.5 Å². The van der Waals surface area contributed by atoms with Crippen LogP contribution in [-0.2, 0) is 0 Å². The number of anilines is 1. The van der Waals surface area contributed by atoms with Crippen molar-refractivity contribution in [2.24, 2.45) is 0 Å². The first kappa shape index (κ1) is 16.4. The quantitative estimate of drug-likeness (QED) is 0.630. The number of benzene rings is 1. The Morgan fingerprint density at radius 2 is 1.92 bits per heavy atom. The lowest BCUT2D eigenvalue weighted by Crippen LogP contribution is -2.29. The van der Waals surface area contributed by atoms with Gasteiger partial charge in [0.25, 0.3) is 0 Å². The Kier molecular flexibility index (Phi) is 4.41. The van der Waals surface area contributed by atoms with Gasteiger partial charge in [-0.05, 0) is 48.6 Å². The van der Waals surface area contributed by atoms with E-state index in [2.05, 4.69) is 10.3 Å². The van der Waals surface area contributed by atoms with Gasteiger partial charge in [-0.2, -0.15) is 0 Å². The number of thiocarbonyl (C=S) groups is 1. The summed E-state index contributed by atoms with van der Waals surface area (Å²) in [4.78, 5) is 7.27. The molecule has 3 heterocycles. The molecule has 0 radical (unpaired) electrons. The average molecular weight is 390 g/mol. The number of pyridine rings is 1. The lowest BCUT2D eigenvalue weighted by Gasteiger charge is -2.27. The molecule has 1 N–H and O–H groups in total. The van der Waals surface area contributed by atoms with Crippen LogP contribution in [0.15, 0.2) is 60.8 Å². The van der Waals surface area contributed by atoms with Crippen molar-refractivity contribution < 1.29 is 4.39 Å². The Morgan fingerprint density at radius 3 is 2.60 bits per heavy atom. The summed E-state index contributed by atoms with van der Waals surface area (Å²) in [6.45, 7) is 0. The summed E-state index contributed by atoms with van der Waals surface area (Å²) < 4.78 is 15.2. The van der Waals surface area contributed by atoms with E-state index in [0.717, 1.165) is 10.6 Å². The fraction of sp³-hybridized carbons (Fsp3) is 0.111. The summed E-state index contributed by atoms with van der Waals surface area (Å²) in [5.74, 6) is -0.319. The van der Waals surface area contributed by atoms with Crippen molar-refractivity contribution in [2.75, 3.05) is 4.90 Å². The third-order valence-electron chi connectivity index (χ3n) is 4.10. The number of hydrogen-bond donors (Lipinski definition) is 1. The Morgan fingerprint density at radius 1 is 1.12 bits per heavy atom. The fourth-order valence-corrected chi connectivity index (χ4v) is 4.57. The Balaban J connectivity index is 1.85. The molecule has 0 amide bonds. The zero-order valence-corrected chi connectivity index (χ0v) is 15.3. The smallest absolute Gasteiger partial charge is 0.174 e. The van der Waals surface area contributed by atoms with E-state index in [1.807, 2.05) is 35.2 Å². The summed E-state index contributed by atoms with van der Waals surface area (Å²) >= 11 is 13.1. The molecular formula is C18H13ClFN3S2. The fourth-order valence-electron chi connectivity index (χ4n) is 3.04. The summed E-state index contributed by atoms with van der Waals surface area (Å²) in [6.07, 6.45) is 1.74. The maximum atomic E-state index is 14.5. The van der Waals surface area contributed by atoms with Crippen LogP contribution in [0.5, 0.6) is 0 Å². The van der Waals surface area contributed by atoms with E-state index in [1.165, 1.54) is 17.4 Å². The van der Waals surface area contributed by atoms with E-state index in [-0.39, 0.29) is 17.9 Å². The van der Waals surface area contributed by atoms with Gasteiger partial charge in [0.2, 0.25) is 0 Å². The molecular weight excluding hydrogens is 377 g/mol. The van der Waals surface area contributed by atoms with Gasteiger partial charge < -0.3 is 10.2 Å². The summed E-state index contributed by atoms with van der Waals surface area (Å²) in [6, 6.07) is 15.7. The van der Waals surface area contributed by atoms with Crippen molar-refractivity contribution in [1.29, 1.82) is 0 Å². The zero-order valence-electron chi connectivity index (χ0n) is 12.9. The van der Waals surface area contributed by atoms with E-state index in [9.17, 15) is 4.39 Å². The number of hydrogen-bond acceptors (Lipinski definition) is 3. The third kappa shape index (κ3) is 3.01. The van der Waals surface area contributed by atoms with Gasteiger partial charge in [-0.1, -0.05) is 29.8 Å². The second-order valence-electron chi connectivity index (χ2n) is 5.59. The van der Waals surface area contributed by atoms with Crippen LogP contribution < -0.4 is 10.2 Å². The number of halogens is 2. The molecule has 1 aliphatic rings. The molecule has 7 heteroatoms. The molecule has 2 aromatic heterocycles. The molecule has 1 fully saturated rings. The molecule has 4 rings (SSSR count). The van der Waals surface area contributed by atoms with Gasteiger partial charge in [0.1, 0.15) is 5.82 Å². The highest BCUT2D eigenvalue weighted by Gasteiger charge is 2.42. The molecule has 0 aliphatic carbocycles. The van der Waals surface area contributed by atoms with E-state index in [0.29, 0.717) is 15.1 Å². The normalized spacial score (nSPS) is 19.9. The molecule has 0 unspecified atom stereocenters. The zero-order chi connectivity index (χ0) is 17.4. The van der Waals surface area contributed by atoms with E-state index < -0.39 is 0 Å². The van der Waals surface area contributed by atoms with Crippen LogP contribution in [0.25, 0.3) is 0 Å². The van der Waals surface area contributed by atoms with E-state index in [4.69, 9.17) is 23.8 Å². The van der Waals surface area contributed by atoms with Crippen LogP contribution in [0, 0.1) is 5.82 Å². The molecule has 1 aliphatic heterocycles. The maximum absolute atomic E-state index is 14.5. The number of rotatable bonds is 3. The number of nitrogens with zero attached hydrogens (tertiary/aromatic N) is 2. The highest BCUT2D eigenvalue weighted by molar-refractivity contribution is 7.80. The van der Waals surface area contributed by atoms with Gasteiger partial charge in [0.15, 0.2) is 5.11 Å². The molecule has 0 bridgehead atoms. The van der Waals surface area contributed by atoms with E-state index in [1.54, 1.807) is 24.4 Å². The number of nitrogens with one attached hydrogen (secondary N) is 1. The van der Waals surface area contributed by atoms with Gasteiger partial charge in [-0.15, -0.1) is 11.3 Å². The maximum Gasteiger partial charge on any atom is 0.174 e. The Bertz CT molecular complexity index is 915. The van der Waals surface area contributed by atoms with Crippen LogP contribution >= 0.6 is 35.2 Å². The minimum absolute atomic E-state index is 0.192. The highest BCUT2D eigenvalue weighted by Crippen LogP contribution is 2.44. The second kappa shape index (κ2) is 6.71. The summed E-state index contributed by atoms with van der Waals surface area (Å²) in [7, 11) is 0. The summed E-state index contributed by atoms with van der Waals surface area (Å²) in [5.41, 5.74) is 1.28. The largest absolute Gasteiger partial charge is 0.351 e. The first-order valence-corrected chi connectivity index (χ1v) is 9.26. The minimum atomic E-state index is -0.319. The average Bonchev–Trinajstić information content (AvgIpc) is 3.19. The first-order valence-electron chi connectivity index (χ1n) is 7.65. The molecule has 0 saturated carbocycles. The van der Waals surface area contributed by atoms with Crippen LogP contribution in [0.4, 0.5) is 10.1 Å². The van der Waals surface area contributed by atoms with Crippen LogP contribution in [0.3, 0.4) is 0 Å². The van der Waals surface area contributed by atoms with E-state index >= 15 is 0 Å². The number of para-hydroxylation sites is 1. The predicted molar refractivity (Wildman–Crippen MR) is 104 cm³/mol. The molecule has 2 atom stereocenters. The molecule has 3 aromatic rings. The van der Waals surface area contributed by atoms with Gasteiger partial charge >= 0.3 is 0 Å². The van der Waals surface area contributed by atoms with Crippen LogP contribution in [-0.4, -0.2) is 10.1 Å².